The number of aromatic nitrogens is 1. The van der Waals surface area contributed by atoms with Crippen LogP contribution in [0.25, 0.3) is 0 Å². The molecule has 2 N–H and O–H groups in total. The Labute approximate surface area is 172 Å². The maximum Gasteiger partial charge on any atom is 0.265 e. The van der Waals surface area contributed by atoms with Gasteiger partial charge in [0, 0.05) is 19.5 Å². The third-order valence-corrected chi connectivity index (χ3v) is 6.71. The Hall–Kier alpha value is -2.32. The molecule has 1 aromatic carbocycles. The highest BCUT2D eigenvalue weighted by atomic mass is 32.1. The van der Waals surface area contributed by atoms with Gasteiger partial charge in [0.15, 0.2) is 0 Å². The Morgan fingerprint density at radius 1 is 1.28 bits per heavy atom. The molecule has 4 atom stereocenters. The summed E-state index contributed by atoms with van der Waals surface area (Å²) >= 11 is 1.33. The second-order valence-electron chi connectivity index (χ2n) is 7.94. The van der Waals surface area contributed by atoms with Gasteiger partial charge in [-0.3, -0.25) is 14.6 Å². The van der Waals surface area contributed by atoms with Crippen molar-refractivity contribution in [3.05, 3.63) is 52.2 Å². The first-order valence-electron chi connectivity index (χ1n) is 9.89. The second-order valence-corrected chi connectivity index (χ2v) is 8.83. The fraction of sp³-hybridized carbons (Fsp3) is 0.476. The molecule has 4 rings (SSSR count). The van der Waals surface area contributed by atoms with Gasteiger partial charge in [-0.2, -0.15) is 0 Å². The van der Waals surface area contributed by atoms with E-state index in [9.17, 15) is 19.1 Å². The minimum atomic E-state index is -0.618. The maximum atomic E-state index is 13.3. The summed E-state index contributed by atoms with van der Waals surface area (Å²) in [6, 6.07) is 5.93. The van der Waals surface area contributed by atoms with Crippen LogP contribution in [-0.2, 0) is 11.2 Å². The topological polar surface area (TPSA) is 82.5 Å². The highest BCUT2D eigenvalue weighted by molar-refractivity contribution is 7.11. The fourth-order valence-electron chi connectivity index (χ4n) is 4.46. The van der Waals surface area contributed by atoms with E-state index >= 15 is 0 Å². The summed E-state index contributed by atoms with van der Waals surface area (Å²) in [5.41, 5.74) is 2.42. The maximum absolute atomic E-state index is 13.3. The third kappa shape index (κ3) is 4.64. The van der Waals surface area contributed by atoms with Gasteiger partial charge in [0.2, 0.25) is 5.91 Å². The van der Waals surface area contributed by atoms with Gasteiger partial charge in [0.25, 0.3) is 5.91 Å². The number of rotatable bonds is 5. The molecule has 1 aliphatic carbocycles. The number of benzene rings is 1. The molecule has 2 heterocycles. The van der Waals surface area contributed by atoms with Crippen LogP contribution in [0.1, 0.15) is 34.5 Å². The Morgan fingerprint density at radius 2 is 2.07 bits per heavy atom. The summed E-state index contributed by atoms with van der Waals surface area (Å²) in [6.07, 6.45) is 2.90. The first kappa shape index (κ1) is 20.0. The molecular weight excluding hydrogens is 393 g/mol. The molecule has 0 spiro atoms. The summed E-state index contributed by atoms with van der Waals surface area (Å²) in [5.74, 6) is 0.0563. The molecule has 1 saturated carbocycles. The van der Waals surface area contributed by atoms with Crippen molar-refractivity contribution in [2.75, 3.05) is 13.1 Å². The van der Waals surface area contributed by atoms with E-state index in [4.69, 9.17) is 0 Å². The van der Waals surface area contributed by atoms with Crippen LogP contribution in [0.3, 0.4) is 0 Å². The average molecular weight is 418 g/mol. The van der Waals surface area contributed by atoms with Gasteiger partial charge in [-0.05, 0) is 48.8 Å². The lowest BCUT2D eigenvalue weighted by atomic mass is 9.77. The number of aliphatic hydroxyl groups excluding tert-OH is 1. The number of hydrogen-bond donors (Lipinski definition) is 2. The third-order valence-electron chi connectivity index (χ3n) is 5.95. The number of aliphatic hydroxyl groups is 1. The minimum absolute atomic E-state index is 0.00734. The van der Waals surface area contributed by atoms with Crippen molar-refractivity contribution in [2.45, 2.75) is 37.8 Å². The van der Waals surface area contributed by atoms with Crippen LogP contribution in [0, 0.1) is 17.7 Å². The summed E-state index contributed by atoms with van der Waals surface area (Å²) in [4.78, 5) is 31.4. The van der Waals surface area contributed by atoms with Crippen LogP contribution in [0.15, 0.2) is 36.0 Å². The molecule has 2 amide bonds. The van der Waals surface area contributed by atoms with E-state index in [0.29, 0.717) is 37.2 Å². The highest BCUT2D eigenvalue weighted by Gasteiger charge is 2.43. The van der Waals surface area contributed by atoms with E-state index in [2.05, 4.69) is 10.3 Å². The summed E-state index contributed by atoms with van der Waals surface area (Å²) in [6.45, 7) is 1.28. The number of nitrogens with zero attached hydrogens (tertiary/aromatic N) is 2. The van der Waals surface area contributed by atoms with E-state index in [0.717, 1.165) is 5.56 Å². The largest absolute Gasteiger partial charge is 0.391 e. The van der Waals surface area contributed by atoms with Gasteiger partial charge in [-0.1, -0.05) is 12.1 Å². The zero-order chi connectivity index (χ0) is 20.4. The first-order chi connectivity index (χ1) is 14.0. The number of amides is 2. The smallest absolute Gasteiger partial charge is 0.265 e. The quantitative estimate of drug-likeness (QED) is 0.782. The zero-order valence-electron chi connectivity index (χ0n) is 16.0. The molecule has 0 unspecified atom stereocenters. The van der Waals surface area contributed by atoms with Crippen LogP contribution < -0.4 is 5.32 Å². The van der Waals surface area contributed by atoms with Crippen molar-refractivity contribution >= 4 is 23.2 Å². The number of halogens is 1. The summed E-state index contributed by atoms with van der Waals surface area (Å²) in [5, 5.41) is 13.5. The Bertz CT molecular complexity index is 876. The highest BCUT2D eigenvalue weighted by Crippen LogP contribution is 2.37. The summed E-state index contributed by atoms with van der Waals surface area (Å²) < 4.78 is 13.3. The molecule has 2 fully saturated rings. The van der Waals surface area contributed by atoms with E-state index < -0.39 is 6.10 Å². The number of likely N-dealkylation sites (tertiary alicyclic amines) is 1. The predicted molar refractivity (Wildman–Crippen MR) is 107 cm³/mol. The lowest BCUT2D eigenvalue weighted by molar-refractivity contribution is -0.123. The number of carbonyl (C=O) groups is 2. The number of aryl methyl sites for hydroxylation is 1. The summed E-state index contributed by atoms with van der Waals surface area (Å²) in [7, 11) is 0. The molecule has 29 heavy (non-hydrogen) atoms. The van der Waals surface area contributed by atoms with Gasteiger partial charge < -0.3 is 15.3 Å². The van der Waals surface area contributed by atoms with E-state index in [1.807, 2.05) is 4.90 Å². The molecule has 154 valence electrons. The van der Waals surface area contributed by atoms with Crippen LogP contribution in [-0.4, -0.2) is 52.0 Å². The lowest BCUT2D eigenvalue weighted by Crippen LogP contribution is -2.49. The Kier molecular flexibility index (Phi) is 5.91. The van der Waals surface area contributed by atoms with Crippen LogP contribution in [0.2, 0.25) is 0 Å². The van der Waals surface area contributed by atoms with E-state index in [1.54, 1.807) is 23.8 Å². The number of fused-ring (bicyclic) bond motifs is 1. The van der Waals surface area contributed by atoms with Crippen molar-refractivity contribution in [3.8, 4) is 0 Å². The fourth-order valence-corrected chi connectivity index (χ4v) is 5.04. The van der Waals surface area contributed by atoms with Crippen molar-refractivity contribution in [3.63, 3.8) is 0 Å². The lowest BCUT2D eigenvalue weighted by Gasteiger charge is -2.35. The molecule has 6 nitrogen and oxygen atoms in total. The van der Waals surface area contributed by atoms with Crippen LogP contribution in [0.5, 0.6) is 0 Å². The number of nitrogens with one attached hydrogen (secondary N) is 1. The Balaban J connectivity index is 1.30. The second kappa shape index (κ2) is 8.59. The first-order valence-corrected chi connectivity index (χ1v) is 10.8. The molecule has 1 aromatic heterocycles. The van der Waals surface area contributed by atoms with Gasteiger partial charge >= 0.3 is 0 Å². The monoisotopic (exact) mass is 417 g/mol. The van der Waals surface area contributed by atoms with Crippen molar-refractivity contribution in [1.29, 1.82) is 0 Å². The van der Waals surface area contributed by atoms with E-state index in [1.165, 1.54) is 23.5 Å². The number of thiazole rings is 1. The van der Waals surface area contributed by atoms with Gasteiger partial charge in [-0.15, -0.1) is 11.3 Å². The molecule has 1 saturated heterocycles. The van der Waals surface area contributed by atoms with Crippen LogP contribution in [0.4, 0.5) is 4.39 Å². The molecule has 0 bridgehead atoms. The average Bonchev–Trinajstić information content (AvgIpc) is 3.36. The molecule has 8 heteroatoms. The molecule has 1 aliphatic heterocycles. The van der Waals surface area contributed by atoms with Crippen LogP contribution >= 0.6 is 11.3 Å². The predicted octanol–water partition coefficient (Wildman–Crippen LogP) is 2.24. The SMILES string of the molecule is O=C(CCc1cccc(F)c1)N[C@H]1C[C@H]2CN(C(=O)c3cncs3)C[C@H]2C[C@@H]1O. The van der Waals surface area contributed by atoms with Crippen molar-refractivity contribution in [1.82, 2.24) is 15.2 Å². The molecule has 0 radical (unpaired) electrons. The zero-order valence-corrected chi connectivity index (χ0v) is 16.8. The van der Waals surface area contributed by atoms with E-state index in [-0.39, 0.29) is 41.9 Å². The molecule has 2 aliphatic rings. The molecular formula is C21H24FN3O3S. The standard InChI is InChI=1S/C21H24FN3O3S/c22-16-3-1-2-13(6-16)4-5-20(27)24-17-7-14-10-25(11-15(14)8-18(17)26)21(28)19-9-23-12-29-19/h1-3,6,9,12,14-15,17-18,26H,4-5,7-8,10-11H2,(H,24,27)/t14-,15+,17-,18-/m0/s1. The number of hydrogen-bond acceptors (Lipinski definition) is 5. The van der Waals surface area contributed by atoms with Crippen molar-refractivity contribution in [2.24, 2.45) is 11.8 Å². The normalized spacial score (nSPS) is 26.2. The Morgan fingerprint density at radius 3 is 2.79 bits per heavy atom. The van der Waals surface area contributed by atoms with Gasteiger partial charge in [-0.25, -0.2) is 4.39 Å². The van der Waals surface area contributed by atoms with Gasteiger partial charge in [0.1, 0.15) is 10.7 Å². The van der Waals surface area contributed by atoms with Crippen molar-refractivity contribution < 1.29 is 19.1 Å². The molecule has 2 aromatic rings. The van der Waals surface area contributed by atoms with Gasteiger partial charge in [0.05, 0.1) is 23.9 Å². The minimum Gasteiger partial charge on any atom is -0.391 e. The number of carbonyl (C=O) groups excluding carboxylic acids is 2.